The molecule has 0 radical (unpaired) electrons. The van der Waals surface area contributed by atoms with Crippen molar-refractivity contribution in [1.82, 2.24) is 15.0 Å². The summed E-state index contributed by atoms with van der Waals surface area (Å²) in [5, 5.41) is 9.45. The van der Waals surface area contributed by atoms with E-state index in [1.54, 1.807) is 24.3 Å². The number of carbonyl (C=O) groups excluding carboxylic acids is 1. The normalized spacial score (nSPS) is 19.7. The van der Waals surface area contributed by atoms with Gasteiger partial charge in [0.2, 0.25) is 17.8 Å². The van der Waals surface area contributed by atoms with Gasteiger partial charge in [0.1, 0.15) is 0 Å². The Morgan fingerprint density at radius 3 is 2.49 bits per heavy atom. The lowest BCUT2D eigenvalue weighted by Crippen LogP contribution is -2.38. The predicted octanol–water partition coefficient (Wildman–Crippen LogP) is 4.30. The quantitative estimate of drug-likeness (QED) is 0.253. The number of nitrogen functional groups attached to an aromatic ring is 2. The number of hydrogen-bond acceptors (Lipinski definition) is 8. The summed E-state index contributed by atoms with van der Waals surface area (Å²) >= 11 is 0. The third-order valence-electron chi connectivity index (χ3n) is 6.54. The van der Waals surface area contributed by atoms with Gasteiger partial charge in [0.15, 0.2) is 0 Å². The van der Waals surface area contributed by atoms with E-state index < -0.39 is 0 Å². The van der Waals surface area contributed by atoms with Gasteiger partial charge in [-0.1, -0.05) is 50.3 Å². The average Bonchev–Trinajstić information content (AvgIpc) is 2.84. The summed E-state index contributed by atoms with van der Waals surface area (Å²) in [5.41, 5.74) is 15.7. The van der Waals surface area contributed by atoms with Gasteiger partial charge in [-0.05, 0) is 54.5 Å². The molecule has 9 nitrogen and oxygen atoms in total. The lowest BCUT2D eigenvalue weighted by atomic mass is 9.76. The first-order valence-electron chi connectivity index (χ1n) is 11.7. The number of para-hydroxylation sites is 2. The highest BCUT2D eigenvalue weighted by molar-refractivity contribution is 6.05. The average molecular weight is 473 g/mol. The molecule has 1 aromatic heterocycles. The fourth-order valence-corrected chi connectivity index (χ4v) is 4.28. The van der Waals surface area contributed by atoms with Crippen LogP contribution in [-0.2, 0) is 6.54 Å². The molecule has 1 aliphatic rings. The number of hydrogen-bond donors (Lipinski definition) is 5. The Kier molecular flexibility index (Phi) is 7.14. The molecule has 0 bridgehead atoms. The Labute approximate surface area is 205 Å². The van der Waals surface area contributed by atoms with Crippen LogP contribution >= 0.6 is 0 Å². The lowest BCUT2D eigenvalue weighted by molar-refractivity contribution is 0.102. The summed E-state index contributed by atoms with van der Waals surface area (Å²) in [4.78, 5) is 25.5. The summed E-state index contributed by atoms with van der Waals surface area (Å²) in [6.45, 7) is 9.07. The van der Waals surface area contributed by atoms with Crippen LogP contribution in [0.25, 0.3) is 0 Å². The Morgan fingerprint density at radius 1 is 1.03 bits per heavy atom. The summed E-state index contributed by atoms with van der Waals surface area (Å²) in [5.74, 6) is 1.55. The molecule has 0 aliphatic heterocycles. The van der Waals surface area contributed by atoms with E-state index in [-0.39, 0.29) is 17.9 Å². The van der Waals surface area contributed by atoms with E-state index in [4.69, 9.17) is 11.5 Å². The Bertz CT molecular complexity index is 1210. The number of nitrogens with two attached hydrogens (primary N) is 2. The third-order valence-corrected chi connectivity index (χ3v) is 6.54. The van der Waals surface area contributed by atoms with Gasteiger partial charge in [-0.25, -0.2) is 0 Å². The number of anilines is 5. The highest BCUT2D eigenvalue weighted by atomic mass is 16.1. The van der Waals surface area contributed by atoms with E-state index in [1.807, 2.05) is 24.3 Å². The van der Waals surface area contributed by atoms with E-state index in [0.717, 1.165) is 18.4 Å². The molecule has 4 rings (SSSR count). The summed E-state index contributed by atoms with van der Waals surface area (Å²) in [7, 11) is 0. The Morgan fingerprint density at radius 2 is 1.74 bits per heavy atom. The van der Waals surface area contributed by atoms with Crippen LogP contribution in [0.5, 0.6) is 0 Å². The summed E-state index contributed by atoms with van der Waals surface area (Å²) in [6.07, 6.45) is 2.13. The van der Waals surface area contributed by atoms with Crippen molar-refractivity contribution in [3.8, 4) is 0 Å². The van der Waals surface area contributed by atoms with Crippen LogP contribution in [0.2, 0.25) is 0 Å². The predicted molar refractivity (Wildman–Crippen MR) is 141 cm³/mol. The first kappa shape index (κ1) is 24.0. The Hall–Kier alpha value is -4.14. The van der Waals surface area contributed by atoms with E-state index >= 15 is 0 Å². The molecule has 1 heterocycles. The van der Waals surface area contributed by atoms with Crippen molar-refractivity contribution in [2.24, 2.45) is 11.8 Å². The van der Waals surface area contributed by atoms with E-state index in [2.05, 4.69) is 51.3 Å². The van der Waals surface area contributed by atoms with Crippen LogP contribution in [0.3, 0.4) is 0 Å². The summed E-state index contributed by atoms with van der Waals surface area (Å²) < 4.78 is 0. The van der Waals surface area contributed by atoms with Crippen molar-refractivity contribution >= 4 is 35.1 Å². The number of carbonyl (C=O) groups is 1. The molecule has 3 atom stereocenters. The van der Waals surface area contributed by atoms with Gasteiger partial charge in [-0.3, -0.25) is 4.79 Å². The molecule has 1 aliphatic carbocycles. The topological polar surface area (TPSA) is 144 Å². The molecule has 1 saturated carbocycles. The van der Waals surface area contributed by atoms with Gasteiger partial charge in [0.05, 0.1) is 11.4 Å². The first-order valence-corrected chi connectivity index (χ1v) is 11.7. The molecular formula is C26H32N8O. The van der Waals surface area contributed by atoms with E-state index in [0.29, 0.717) is 47.2 Å². The number of nitrogens with zero attached hydrogens (tertiary/aromatic N) is 3. The molecule has 1 fully saturated rings. The zero-order chi connectivity index (χ0) is 24.9. The van der Waals surface area contributed by atoms with Gasteiger partial charge >= 0.3 is 0 Å². The monoisotopic (exact) mass is 472 g/mol. The third kappa shape index (κ3) is 5.87. The maximum atomic E-state index is 12.5. The number of aromatic nitrogens is 3. The van der Waals surface area contributed by atoms with Gasteiger partial charge < -0.3 is 27.4 Å². The fraction of sp³-hybridized carbons (Fsp3) is 0.308. The minimum atomic E-state index is -0.225. The van der Waals surface area contributed by atoms with Crippen LogP contribution in [-0.4, -0.2) is 26.9 Å². The zero-order valence-electron chi connectivity index (χ0n) is 20.1. The largest absolute Gasteiger partial charge is 0.397 e. The smallest absolute Gasteiger partial charge is 0.255 e. The van der Waals surface area contributed by atoms with Gasteiger partial charge in [0.25, 0.3) is 5.91 Å². The molecule has 9 heteroatoms. The first-order chi connectivity index (χ1) is 16.8. The highest BCUT2D eigenvalue weighted by Crippen LogP contribution is 2.34. The number of benzene rings is 2. The van der Waals surface area contributed by atoms with Crippen molar-refractivity contribution in [3.05, 3.63) is 71.8 Å². The second-order valence-electron chi connectivity index (χ2n) is 9.07. The maximum Gasteiger partial charge on any atom is 0.255 e. The molecule has 0 unspecified atom stereocenters. The molecule has 35 heavy (non-hydrogen) atoms. The molecule has 3 aromatic rings. The van der Waals surface area contributed by atoms with Crippen LogP contribution in [0.1, 0.15) is 42.6 Å². The van der Waals surface area contributed by atoms with Crippen molar-refractivity contribution in [3.63, 3.8) is 0 Å². The zero-order valence-corrected chi connectivity index (χ0v) is 20.1. The molecule has 0 saturated heterocycles. The second kappa shape index (κ2) is 10.4. The minimum Gasteiger partial charge on any atom is -0.397 e. The highest BCUT2D eigenvalue weighted by Gasteiger charge is 2.30. The standard InChI is InChI=1S/C26H32N8O/c1-15-8-9-16(2)22(17(15)3)31-26-33-24(28)32-25(34-26)29-14-18-10-12-19(13-11-18)23(35)30-21-7-5-4-6-20(21)27/h4-7,10-13,16-17,22H,1,8-9,14,27H2,2-3H3,(H,30,35)(H4,28,29,31,32,33,34)/t16-,17+,22-/m1/s1. The fourth-order valence-electron chi connectivity index (χ4n) is 4.28. The molecule has 0 spiro atoms. The molecule has 1 amide bonds. The van der Waals surface area contributed by atoms with Crippen molar-refractivity contribution in [2.45, 2.75) is 39.3 Å². The number of nitrogens with one attached hydrogen (secondary N) is 3. The van der Waals surface area contributed by atoms with Gasteiger partial charge in [-0.2, -0.15) is 15.0 Å². The van der Waals surface area contributed by atoms with Crippen LogP contribution in [0.4, 0.5) is 29.2 Å². The van der Waals surface area contributed by atoms with Crippen LogP contribution < -0.4 is 27.4 Å². The van der Waals surface area contributed by atoms with Crippen LogP contribution in [0.15, 0.2) is 60.7 Å². The van der Waals surface area contributed by atoms with Crippen LogP contribution in [0, 0.1) is 11.8 Å². The maximum absolute atomic E-state index is 12.5. The Balaban J connectivity index is 1.38. The van der Waals surface area contributed by atoms with Crippen molar-refractivity contribution in [1.29, 1.82) is 0 Å². The molecule has 182 valence electrons. The summed E-state index contributed by atoms with van der Waals surface area (Å²) in [6, 6.07) is 14.6. The SMILES string of the molecule is C=C1CC[C@@H](C)[C@@H](Nc2nc(N)nc(NCc3ccc(C(=O)Nc4ccccc4N)cc3)n2)[C@H]1C. The molecule has 2 aromatic carbocycles. The van der Waals surface area contributed by atoms with Crippen molar-refractivity contribution in [2.75, 3.05) is 27.4 Å². The second-order valence-corrected chi connectivity index (χ2v) is 9.07. The van der Waals surface area contributed by atoms with Crippen molar-refractivity contribution < 1.29 is 4.79 Å². The molecule has 7 N–H and O–H groups in total. The van der Waals surface area contributed by atoms with E-state index in [9.17, 15) is 4.79 Å². The molecular weight excluding hydrogens is 440 g/mol. The number of amides is 1. The van der Waals surface area contributed by atoms with E-state index in [1.165, 1.54) is 5.57 Å². The minimum absolute atomic E-state index is 0.146. The lowest BCUT2D eigenvalue weighted by Gasteiger charge is -2.36. The van der Waals surface area contributed by atoms with Gasteiger partial charge in [-0.15, -0.1) is 0 Å². The number of rotatable bonds is 7. The van der Waals surface area contributed by atoms with Gasteiger partial charge in [0, 0.05) is 18.2 Å².